The molecule has 2 aromatic rings. The number of halogens is 1. The highest BCUT2D eigenvalue weighted by atomic mass is 19.1. The first-order valence-corrected chi connectivity index (χ1v) is 5.34. The van der Waals surface area contributed by atoms with E-state index in [1.54, 1.807) is 13.0 Å². The molecule has 0 aliphatic rings. The summed E-state index contributed by atoms with van der Waals surface area (Å²) in [5.41, 5.74) is 7.36. The molecule has 0 bridgehead atoms. The van der Waals surface area contributed by atoms with Crippen LogP contribution in [0, 0.1) is 12.7 Å². The Morgan fingerprint density at radius 1 is 1.39 bits per heavy atom. The second-order valence-electron chi connectivity index (χ2n) is 3.93. The summed E-state index contributed by atoms with van der Waals surface area (Å²) in [6.45, 7) is 1.75. The Kier molecular flexibility index (Phi) is 3.23. The van der Waals surface area contributed by atoms with E-state index >= 15 is 0 Å². The molecule has 0 unspecified atom stereocenters. The lowest BCUT2D eigenvalue weighted by Crippen LogP contribution is -2.14. The number of benzene rings is 1. The molecule has 0 spiro atoms. The van der Waals surface area contributed by atoms with Gasteiger partial charge in [-0.25, -0.2) is 4.39 Å². The first-order chi connectivity index (χ1) is 8.56. The van der Waals surface area contributed by atoms with Crippen LogP contribution in [0.4, 0.5) is 15.8 Å². The number of aryl methyl sites for hydroxylation is 1. The number of nitrogens with two attached hydrogens (primary N) is 1. The number of rotatable bonds is 2. The zero-order chi connectivity index (χ0) is 13.1. The lowest BCUT2D eigenvalue weighted by Gasteiger charge is -2.08. The van der Waals surface area contributed by atoms with Crippen molar-refractivity contribution < 1.29 is 9.18 Å². The van der Waals surface area contributed by atoms with Crippen LogP contribution in [0.3, 0.4) is 0 Å². The molecule has 0 atom stereocenters. The van der Waals surface area contributed by atoms with Gasteiger partial charge in [0.2, 0.25) is 0 Å². The highest BCUT2D eigenvalue weighted by Crippen LogP contribution is 2.16. The monoisotopic (exact) mass is 245 g/mol. The Hall–Kier alpha value is -2.43. The van der Waals surface area contributed by atoms with E-state index in [0.717, 1.165) is 5.56 Å². The summed E-state index contributed by atoms with van der Waals surface area (Å²) in [7, 11) is 0. The summed E-state index contributed by atoms with van der Waals surface area (Å²) in [6, 6.07) is 5.83. The number of hydrogen-bond donors (Lipinski definition) is 2. The number of pyridine rings is 1. The van der Waals surface area contributed by atoms with Crippen molar-refractivity contribution in [2.24, 2.45) is 0 Å². The first-order valence-electron chi connectivity index (χ1n) is 5.34. The lowest BCUT2D eigenvalue weighted by molar-refractivity contribution is 0.102. The van der Waals surface area contributed by atoms with Crippen LogP contribution in [0.2, 0.25) is 0 Å². The van der Waals surface area contributed by atoms with Gasteiger partial charge in [-0.3, -0.25) is 9.78 Å². The summed E-state index contributed by atoms with van der Waals surface area (Å²) in [6.07, 6.45) is 2.87. The van der Waals surface area contributed by atoms with Gasteiger partial charge in [0.25, 0.3) is 5.91 Å². The summed E-state index contributed by atoms with van der Waals surface area (Å²) in [4.78, 5) is 15.7. The molecule has 2 rings (SSSR count). The van der Waals surface area contributed by atoms with Crippen LogP contribution in [0.5, 0.6) is 0 Å². The van der Waals surface area contributed by atoms with Gasteiger partial charge in [-0.05, 0) is 36.8 Å². The molecule has 18 heavy (non-hydrogen) atoms. The predicted molar refractivity (Wildman–Crippen MR) is 67.7 cm³/mol. The molecule has 0 aliphatic heterocycles. The average molecular weight is 245 g/mol. The third kappa shape index (κ3) is 2.63. The Labute approximate surface area is 104 Å². The van der Waals surface area contributed by atoms with Crippen molar-refractivity contribution in [3.8, 4) is 0 Å². The van der Waals surface area contributed by atoms with E-state index in [9.17, 15) is 9.18 Å². The van der Waals surface area contributed by atoms with Crippen molar-refractivity contribution in [2.75, 3.05) is 11.1 Å². The molecule has 3 N–H and O–H groups in total. The molecule has 1 aromatic heterocycles. The van der Waals surface area contributed by atoms with Crippen molar-refractivity contribution in [1.29, 1.82) is 0 Å². The Morgan fingerprint density at radius 2 is 2.17 bits per heavy atom. The largest absolute Gasteiger partial charge is 0.397 e. The topological polar surface area (TPSA) is 68.0 Å². The third-order valence-corrected chi connectivity index (χ3v) is 2.40. The summed E-state index contributed by atoms with van der Waals surface area (Å²) in [5, 5.41) is 2.59. The molecule has 5 heteroatoms. The fraction of sp³-hybridized carbons (Fsp3) is 0.0769. The van der Waals surface area contributed by atoms with Gasteiger partial charge in [-0.15, -0.1) is 0 Å². The van der Waals surface area contributed by atoms with Crippen LogP contribution in [-0.4, -0.2) is 10.9 Å². The minimum Gasteiger partial charge on any atom is -0.397 e. The normalized spacial score (nSPS) is 10.1. The van der Waals surface area contributed by atoms with Gasteiger partial charge in [0.15, 0.2) is 0 Å². The van der Waals surface area contributed by atoms with Crippen LogP contribution in [-0.2, 0) is 0 Å². The highest BCUT2D eigenvalue weighted by molar-refractivity contribution is 6.07. The number of carbonyl (C=O) groups excluding carboxylic acids is 1. The van der Waals surface area contributed by atoms with Crippen LogP contribution < -0.4 is 11.1 Å². The van der Waals surface area contributed by atoms with Gasteiger partial charge in [0.1, 0.15) is 5.82 Å². The molecule has 0 aliphatic carbocycles. The third-order valence-electron chi connectivity index (χ3n) is 2.40. The van der Waals surface area contributed by atoms with Crippen LogP contribution in [0.25, 0.3) is 0 Å². The maximum atomic E-state index is 13.2. The Balaban J connectivity index is 2.24. The molecule has 4 nitrogen and oxygen atoms in total. The SMILES string of the molecule is Cc1cc(F)cc(NC(=O)c2ccncc2N)c1. The number of nitrogen functional groups attached to an aromatic ring is 1. The number of aromatic nitrogens is 1. The molecular formula is C13H12FN3O. The van der Waals surface area contributed by atoms with E-state index in [2.05, 4.69) is 10.3 Å². The standard InChI is InChI=1S/C13H12FN3O/c1-8-4-9(14)6-10(5-8)17-13(18)11-2-3-16-7-12(11)15/h2-7H,15H2,1H3,(H,17,18). The van der Waals surface area contributed by atoms with Crippen molar-refractivity contribution >= 4 is 17.3 Å². The molecule has 92 valence electrons. The maximum Gasteiger partial charge on any atom is 0.257 e. The molecule has 0 saturated carbocycles. The van der Waals surface area contributed by atoms with E-state index in [0.29, 0.717) is 11.3 Å². The summed E-state index contributed by atoms with van der Waals surface area (Å²) < 4.78 is 13.2. The number of anilines is 2. The molecule has 1 heterocycles. The number of amides is 1. The second-order valence-corrected chi connectivity index (χ2v) is 3.93. The maximum absolute atomic E-state index is 13.2. The number of hydrogen-bond acceptors (Lipinski definition) is 3. The van der Waals surface area contributed by atoms with E-state index in [4.69, 9.17) is 5.73 Å². The number of carbonyl (C=O) groups is 1. The van der Waals surface area contributed by atoms with Crippen molar-refractivity contribution in [2.45, 2.75) is 6.92 Å². The van der Waals surface area contributed by atoms with Crippen LogP contribution >= 0.6 is 0 Å². The minimum absolute atomic E-state index is 0.281. The minimum atomic E-state index is -0.395. The fourth-order valence-electron chi connectivity index (χ4n) is 1.62. The number of nitrogens with one attached hydrogen (secondary N) is 1. The van der Waals surface area contributed by atoms with Gasteiger partial charge >= 0.3 is 0 Å². The fourth-order valence-corrected chi connectivity index (χ4v) is 1.62. The molecule has 0 radical (unpaired) electrons. The first kappa shape index (κ1) is 12.0. The zero-order valence-electron chi connectivity index (χ0n) is 9.77. The zero-order valence-corrected chi connectivity index (χ0v) is 9.77. The van der Waals surface area contributed by atoms with Crippen molar-refractivity contribution in [3.63, 3.8) is 0 Å². The van der Waals surface area contributed by atoms with Gasteiger partial charge < -0.3 is 11.1 Å². The summed E-state index contributed by atoms with van der Waals surface area (Å²) >= 11 is 0. The highest BCUT2D eigenvalue weighted by Gasteiger charge is 2.10. The van der Waals surface area contributed by atoms with Crippen molar-refractivity contribution in [3.05, 3.63) is 53.6 Å². The Bertz CT molecular complexity index is 578. The van der Waals surface area contributed by atoms with Gasteiger partial charge in [-0.2, -0.15) is 0 Å². The molecule has 0 fully saturated rings. The van der Waals surface area contributed by atoms with Gasteiger partial charge in [0, 0.05) is 11.9 Å². The molecule has 1 amide bonds. The van der Waals surface area contributed by atoms with Crippen LogP contribution in [0.1, 0.15) is 15.9 Å². The van der Waals surface area contributed by atoms with Gasteiger partial charge in [0.05, 0.1) is 17.4 Å². The smallest absolute Gasteiger partial charge is 0.257 e. The van der Waals surface area contributed by atoms with E-state index < -0.39 is 5.82 Å². The van der Waals surface area contributed by atoms with Crippen molar-refractivity contribution in [1.82, 2.24) is 4.98 Å². The van der Waals surface area contributed by atoms with E-state index in [1.807, 2.05) is 0 Å². The van der Waals surface area contributed by atoms with E-state index in [1.165, 1.54) is 30.6 Å². The average Bonchev–Trinajstić information content (AvgIpc) is 2.27. The molecule has 0 saturated heterocycles. The molecule has 1 aromatic carbocycles. The summed E-state index contributed by atoms with van der Waals surface area (Å²) in [5.74, 6) is -0.784. The lowest BCUT2D eigenvalue weighted by atomic mass is 10.2. The molecular weight excluding hydrogens is 233 g/mol. The van der Waals surface area contributed by atoms with Crippen LogP contribution in [0.15, 0.2) is 36.7 Å². The quantitative estimate of drug-likeness (QED) is 0.853. The van der Waals surface area contributed by atoms with E-state index in [-0.39, 0.29) is 11.6 Å². The predicted octanol–water partition coefficient (Wildman–Crippen LogP) is 2.36. The Morgan fingerprint density at radius 3 is 2.83 bits per heavy atom. The van der Waals surface area contributed by atoms with Gasteiger partial charge in [-0.1, -0.05) is 0 Å². The second kappa shape index (κ2) is 4.83. The number of nitrogens with zero attached hydrogens (tertiary/aromatic N) is 1.